The Morgan fingerprint density at radius 1 is 1.15 bits per heavy atom. The van der Waals surface area contributed by atoms with Crippen LogP contribution in [0.2, 0.25) is 0 Å². The first-order valence-electron chi connectivity index (χ1n) is 9.02. The minimum atomic E-state index is -0.235. The largest absolute Gasteiger partial charge is 0.511 e. The topological polar surface area (TPSA) is 58.9 Å². The van der Waals surface area contributed by atoms with Crippen LogP contribution in [-0.2, 0) is 16.1 Å². The summed E-state index contributed by atoms with van der Waals surface area (Å²) in [6.07, 6.45) is 1.30. The number of carbonyl (C=O) groups excluding carboxylic acids is 1. The lowest BCUT2D eigenvalue weighted by Gasteiger charge is -2.29. The smallest absolute Gasteiger partial charge is 0.168 e. The van der Waals surface area contributed by atoms with Crippen LogP contribution in [0.25, 0.3) is 10.8 Å². The first-order valence-corrected chi connectivity index (χ1v) is 9.02. The van der Waals surface area contributed by atoms with Crippen molar-refractivity contribution in [3.63, 3.8) is 0 Å². The van der Waals surface area contributed by atoms with Crippen molar-refractivity contribution in [2.75, 3.05) is 6.61 Å². The Hall–Kier alpha value is -2.62. The standard InChI is InChI=1S/C22H25NO3/c1-4-26-23-18(21-19(24)13-22(2,3)14-20(21)25)12-16-10-7-9-15-8-5-6-11-17(15)16/h5-11,24H,4,12-14H2,1-3H3. The molecule has 1 aliphatic carbocycles. The molecule has 4 nitrogen and oxygen atoms in total. The van der Waals surface area contributed by atoms with Crippen molar-refractivity contribution in [3.05, 3.63) is 59.4 Å². The van der Waals surface area contributed by atoms with Gasteiger partial charge in [0.25, 0.3) is 0 Å². The molecule has 2 aromatic carbocycles. The molecule has 26 heavy (non-hydrogen) atoms. The second-order valence-corrected chi connectivity index (χ2v) is 7.53. The molecule has 0 aromatic heterocycles. The van der Waals surface area contributed by atoms with Gasteiger partial charge in [-0.25, -0.2) is 0 Å². The molecule has 2 aromatic rings. The van der Waals surface area contributed by atoms with Crippen LogP contribution in [0.5, 0.6) is 0 Å². The van der Waals surface area contributed by atoms with E-state index in [1.54, 1.807) is 0 Å². The molecular weight excluding hydrogens is 326 g/mol. The first kappa shape index (κ1) is 18.2. The summed E-state index contributed by atoms with van der Waals surface area (Å²) in [7, 11) is 0. The van der Waals surface area contributed by atoms with Crippen molar-refractivity contribution >= 4 is 22.3 Å². The average Bonchev–Trinajstić information content (AvgIpc) is 2.58. The van der Waals surface area contributed by atoms with Crippen molar-refractivity contribution in [3.8, 4) is 0 Å². The van der Waals surface area contributed by atoms with Gasteiger partial charge >= 0.3 is 0 Å². The number of hydrogen-bond donors (Lipinski definition) is 1. The van der Waals surface area contributed by atoms with Crippen LogP contribution in [0.4, 0.5) is 0 Å². The van der Waals surface area contributed by atoms with Crippen LogP contribution in [-0.4, -0.2) is 23.2 Å². The van der Waals surface area contributed by atoms with Gasteiger partial charge < -0.3 is 9.94 Å². The van der Waals surface area contributed by atoms with Crippen molar-refractivity contribution in [2.45, 2.75) is 40.0 Å². The third-order valence-electron chi connectivity index (χ3n) is 4.68. The Kier molecular flexibility index (Phi) is 5.12. The molecular formula is C22H25NO3. The first-order chi connectivity index (χ1) is 12.4. The molecule has 0 fully saturated rings. The van der Waals surface area contributed by atoms with Crippen LogP contribution in [0, 0.1) is 5.41 Å². The van der Waals surface area contributed by atoms with E-state index >= 15 is 0 Å². The van der Waals surface area contributed by atoms with Gasteiger partial charge in [-0.15, -0.1) is 0 Å². The van der Waals surface area contributed by atoms with E-state index in [1.165, 1.54) is 0 Å². The Morgan fingerprint density at radius 3 is 2.62 bits per heavy atom. The molecule has 0 radical (unpaired) electrons. The van der Waals surface area contributed by atoms with Gasteiger partial charge in [-0.1, -0.05) is 61.5 Å². The second-order valence-electron chi connectivity index (χ2n) is 7.53. The maximum absolute atomic E-state index is 12.7. The molecule has 1 aliphatic rings. The summed E-state index contributed by atoms with van der Waals surface area (Å²) < 4.78 is 0. The van der Waals surface area contributed by atoms with Gasteiger partial charge in [0.15, 0.2) is 5.78 Å². The number of Topliss-reactive ketones (excluding diaryl/α,β-unsaturated/α-hetero) is 1. The number of aliphatic hydroxyl groups excluding tert-OH is 1. The summed E-state index contributed by atoms with van der Waals surface area (Å²) in [5.41, 5.74) is 1.65. The monoisotopic (exact) mass is 351 g/mol. The van der Waals surface area contributed by atoms with Crippen LogP contribution in [0.3, 0.4) is 0 Å². The number of oxime groups is 1. The number of hydrogen-bond acceptors (Lipinski definition) is 4. The average molecular weight is 351 g/mol. The number of rotatable bonds is 5. The Bertz CT molecular complexity index is 888. The van der Waals surface area contributed by atoms with E-state index < -0.39 is 0 Å². The number of ketones is 1. The van der Waals surface area contributed by atoms with E-state index in [-0.39, 0.29) is 17.0 Å². The van der Waals surface area contributed by atoms with Crippen LogP contribution >= 0.6 is 0 Å². The highest BCUT2D eigenvalue weighted by Gasteiger charge is 2.35. The van der Waals surface area contributed by atoms with E-state index in [4.69, 9.17) is 4.84 Å². The summed E-state index contributed by atoms with van der Waals surface area (Å²) in [4.78, 5) is 18.0. The number of allylic oxidation sites excluding steroid dienone is 2. The lowest BCUT2D eigenvalue weighted by Crippen LogP contribution is -2.30. The summed E-state index contributed by atoms with van der Waals surface area (Å²) in [6, 6.07) is 14.2. The van der Waals surface area contributed by atoms with Crippen LogP contribution in [0.1, 0.15) is 39.2 Å². The zero-order chi connectivity index (χ0) is 18.7. The molecule has 3 rings (SSSR count). The van der Waals surface area contributed by atoms with Gasteiger partial charge in [-0.2, -0.15) is 0 Å². The fraction of sp³-hybridized carbons (Fsp3) is 0.364. The minimum Gasteiger partial charge on any atom is -0.511 e. The van der Waals surface area contributed by atoms with Gasteiger partial charge in [0, 0.05) is 19.3 Å². The van der Waals surface area contributed by atoms with E-state index in [0.29, 0.717) is 37.2 Å². The lowest BCUT2D eigenvalue weighted by molar-refractivity contribution is -0.118. The number of nitrogens with zero attached hydrogens (tertiary/aromatic N) is 1. The van der Waals surface area contributed by atoms with Crippen LogP contribution < -0.4 is 0 Å². The third kappa shape index (κ3) is 3.79. The fourth-order valence-corrected chi connectivity index (χ4v) is 3.55. The summed E-state index contributed by atoms with van der Waals surface area (Å²) >= 11 is 0. The molecule has 0 amide bonds. The number of benzene rings is 2. The normalized spacial score (nSPS) is 17.7. The molecule has 4 heteroatoms. The zero-order valence-electron chi connectivity index (χ0n) is 15.6. The van der Waals surface area contributed by atoms with Crippen molar-refractivity contribution in [1.29, 1.82) is 0 Å². The highest BCUT2D eigenvalue weighted by molar-refractivity contribution is 6.24. The SMILES string of the molecule is CCON=C(Cc1cccc2ccccc12)C1=C(O)CC(C)(C)CC1=O. The quantitative estimate of drug-likeness (QED) is 0.611. The molecule has 136 valence electrons. The van der Waals surface area contributed by atoms with Crippen LogP contribution in [0.15, 0.2) is 59.0 Å². The molecule has 0 aliphatic heterocycles. The van der Waals surface area contributed by atoms with Crippen molar-refractivity contribution in [1.82, 2.24) is 0 Å². The highest BCUT2D eigenvalue weighted by Crippen LogP contribution is 2.36. The summed E-state index contributed by atoms with van der Waals surface area (Å²) in [5.74, 6) is 0.0439. The molecule has 0 bridgehead atoms. The van der Waals surface area contributed by atoms with Crippen molar-refractivity contribution < 1.29 is 14.7 Å². The van der Waals surface area contributed by atoms with Gasteiger partial charge in [0.05, 0.1) is 11.3 Å². The number of carbonyl (C=O) groups is 1. The molecule has 0 atom stereocenters. The van der Waals surface area contributed by atoms with E-state index in [1.807, 2.05) is 45.0 Å². The maximum atomic E-state index is 12.7. The Morgan fingerprint density at radius 2 is 1.88 bits per heavy atom. The third-order valence-corrected chi connectivity index (χ3v) is 4.68. The predicted molar refractivity (Wildman–Crippen MR) is 104 cm³/mol. The van der Waals surface area contributed by atoms with E-state index in [0.717, 1.165) is 16.3 Å². The van der Waals surface area contributed by atoms with Crippen molar-refractivity contribution in [2.24, 2.45) is 10.6 Å². The van der Waals surface area contributed by atoms with Gasteiger partial charge in [0.1, 0.15) is 12.4 Å². The van der Waals surface area contributed by atoms with Gasteiger partial charge in [0.2, 0.25) is 0 Å². The minimum absolute atomic E-state index is 0.0718. The molecule has 0 spiro atoms. The predicted octanol–water partition coefficient (Wildman–Crippen LogP) is 4.98. The van der Waals surface area contributed by atoms with Gasteiger partial charge in [-0.05, 0) is 28.7 Å². The van der Waals surface area contributed by atoms with E-state index in [9.17, 15) is 9.90 Å². The fourth-order valence-electron chi connectivity index (χ4n) is 3.55. The van der Waals surface area contributed by atoms with E-state index in [2.05, 4.69) is 23.4 Å². The summed E-state index contributed by atoms with van der Waals surface area (Å²) in [5, 5.41) is 17.0. The molecule has 0 heterocycles. The Labute approximate surface area is 154 Å². The molecule has 0 unspecified atom stereocenters. The molecule has 1 N–H and O–H groups in total. The molecule has 0 saturated carbocycles. The molecule has 0 saturated heterocycles. The summed E-state index contributed by atoms with van der Waals surface area (Å²) in [6.45, 7) is 6.23. The number of fused-ring (bicyclic) bond motifs is 1. The maximum Gasteiger partial charge on any atom is 0.168 e. The van der Waals surface area contributed by atoms with Gasteiger partial charge in [-0.3, -0.25) is 4.79 Å². The second kappa shape index (κ2) is 7.32. The Balaban J connectivity index is 2.03. The number of aliphatic hydroxyl groups is 1. The zero-order valence-corrected chi connectivity index (χ0v) is 15.6. The highest BCUT2D eigenvalue weighted by atomic mass is 16.6. The lowest BCUT2D eigenvalue weighted by atomic mass is 9.75.